The van der Waals surface area contributed by atoms with Gasteiger partial charge in [-0.3, -0.25) is 0 Å². The van der Waals surface area contributed by atoms with E-state index in [1.54, 1.807) is 20.8 Å². The second-order valence-electron chi connectivity index (χ2n) is 2.53. The highest BCUT2D eigenvalue weighted by molar-refractivity contribution is 14.1. The number of halogens is 1. The first-order valence-corrected chi connectivity index (χ1v) is 4.94. The van der Waals surface area contributed by atoms with E-state index in [1.165, 1.54) is 0 Å². The molecule has 0 aliphatic rings. The summed E-state index contributed by atoms with van der Waals surface area (Å²) in [6, 6.07) is 0. The van der Waals surface area contributed by atoms with E-state index in [9.17, 15) is 4.79 Å². The summed E-state index contributed by atoms with van der Waals surface area (Å²) >= 11 is 2.15. The number of ether oxygens (including phenoxy) is 1. The average molecular weight is 259 g/mol. The first kappa shape index (κ1) is 12.7. The molecule has 0 fully saturated rings. The van der Waals surface area contributed by atoms with Crippen LogP contribution in [-0.4, -0.2) is 16.6 Å². The van der Waals surface area contributed by atoms with Crippen LogP contribution >= 0.6 is 22.6 Å². The van der Waals surface area contributed by atoms with Crippen LogP contribution in [0.5, 0.6) is 0 Å². The molecule has 3 nitrogen and oxygen atoms in total. The molecule has 0 heterocycles. The predicted octanol–water partition coefficient (Wildman–Crippen LogP) is 1.93. The maximum atomic E-state index is 10.0. The topological polar surface area (TPSA) is 52.3 Å². The van der Waals surface area contributed by atoms with Crippen LogP contribution in [0, 0.1) is 0 Å². The largest absolute Gasteiger partial charge is 0.444 e. The van der Waals surface area contributed by atoms with E-state index in [4.69, 9.17) is 5.73 Å². The second kappa shape index (κ2) is 5.76. The number of hydrogen-bond donors (Lipinski definition) is 1. The van der Waals surface area contributed by atoms with Crippen LogP contribution in [-0.2, 0) is 4.74 Å². The molecule has 0 aliphatic heterocycles. The molecule has 4 heteroatoms. The molecule has 2 N–H and O–H groups in total. The Kier molecular flexibility index (Phi) is 7.29. The molecule has 0 aromatic carbocycles. The van der Waals surface area contributed by atoms with Crippen molar-refractivity contribution in [1.29, 1.82) is 0 Å². The van der Waals surface area contributed by atoms with E-state index in [-0.39, 0.29) is 0 Å². The minimum atomic E-state index is -0.725. The molecule has 0 aromatic heterocycles. The lowest BCUT2D eigenvalue weighted by Crippen LogP contribution is -2.27. The van der Waals surface area contributed by atoms with Crippen molar-refractivity contribution in [3.05, 3.63) is 0 Å². The van der Waals surface area contributed by atoms with E-state index >= 15 is 0 Å². The molecule has 0 radical (unpaired) electrons. The molecular formula is C6H14INO2. The Morgan fingerprint density at radius 1 is 1.40 bits per heavy atom. The maximum Gasteiger partial charge on any atom is 0.405 e. The number of primary amides is 1. The third-order valence-electron chi connectivity index (χ3n) is 0.407. The van der Waals surface area contributed by atoms with Crippen LogP contribution in [0.4, 0.5) is 4.79 Å². The summed E-state index contributed by atoms with van der Waals surface area (Å²) in [5.41, 5.74) is 4.26. The summed E-state index contributed by atoms with van der Waals surface area (Å²) in [5.74, 6) is 0. The Labute approximate surface area is 75.4 Å². The number of hydrogen-bond acceptors (Lipinski definition) is 2. The Balaban J connectivity index is 0. The van der Waals surface area contributed by atoms with Gasteiger partial charge in [0, 0.05) is 0 Å². The summed E-state index contributed by atoms with van der Waals surface area (Å²) in [6.07, 6.45) is -0.725. The number of alkyl halides is 1. The Morgan fingerprint density at radius 3 is 1.70 bits per heavy atom. The van der Waals surface area contributed by atoms with Crippen LogP contribution < -0.4 is 5.73 Å². The fourth-order valence-corrected chi connectivity index (χ4v) is 0.302. The summed E-state index contributed by atoms with van der Waals surface area (Å²) in [7, 11) is 0. The summed E-state index contributed by atoms with van der Waals surface area (Å²) in [6.45, 7) is 5.28. The van der Waals surface area contributed by atoms with Crippen molar-refractivity contribution in [3.63, 3.8) is 0 Å². The predicted molar refractivity (Wildman–Crippen MR) is 50.4 cm³/mol. The zero-order valence-electron chi connectivity index (χ0n) is 6.77. The van der Waals surface area contributed by atoms with Crippen LogP contribution in [0.1, 0.15) is 20.8 Å². The minimum Gasteiger partial charge on any atom is -0.444 e. The number of carbonyl (C=O) groups is 1. The van der Waals surface area contributed by atoms with Crippen molar-refractivity contribution < 1.29 is 9.53 Å². The summed E-state index contributed by atoms with van der Waals surface area (Å²) in [5, 5.41) is 0. The van der Waals surface area contributed by atoms with Gasteiger partial charge >= 0.3 is 6.09 Å². The molecule has 0 rings (SSSR count). The SMILES string of the molecule is CC(C)(C)OC(N)=O.CI. The van der Waals surface area contributed by atoms with Gasteiger partial charge in [0.05, 0.1) is 0 Å². The Morgan fingerprint density at radius 2 is 1.70 bits per heavy atom. The molecule has 0 aromatic rings. The lowest BCUT2D eigenvalue weighted by atomic mass is 10.2. The van der Waals surface area contributed by atoms with Crippen molar-refractivity contribution in [1.82, 2.24) is 0 Å². The monoisotopic (exact) mass is 259 g/mol. The fourth-order valence-electron chi connectivity index (χ4n) is 0.302. The number of nitrogens with two attached hydrogens (primary N) is 1. The van der Waals surface area contributed by atoms with Crippen LogP contribution in [0.25, 0.3) is 0 Å². The molecule has 0 saturated carbocycles. The van der Waals surface area contributed by atoms with E-state index in [2.05, 4.69) is 27.3 Å². The van der Waals surface area contributed by atoms with E-state index in [0.29, 0.717) is 0 Å². The van der Waals surface area contributed by atoms with Gasteiger partial charge in [0.1, 0.15) is 5.60 Å². The van der Waals surface area contributed by atoms with Gasteiger partial charge in [0.2, 0.25) is 0 Å². The number of amides is 1. The molecule has 0 atom stereocenters. The van der Waals surface area contributed by atoms with Gasteiger partial charge in [-0.05, 0) is 25.7 Å². The smallest absolute Gasteiger partial charge is 0.405 e. The molecular weight excluding hydrogens is 245 g/mol. The van der Waals surface area contributed by atoms with Crippen molar-refractivity contribution in [2.24, 2.45) is 5.73 Å². The summed E-state index contributed by atoms with van der Waals surface area (Å²) < 4.78 is 4.58. The third kappa shape index (κ3) is 15.7. The van der Waals surface area contributed by atoms with Crippen molar-refractivity contribution in [2.75, 3.05) is 4.93 Å². The lowest BCUT2D eigenvalue weighted by Gasteiger charge is -2.16. The standard InChI is InChI=1S/C5H11NO2.CH3I/c1-5(2,3)8-4(6)7;1-2/h1-3H3,(H2,6,7);1H3. The zero-order valence-corrected chi connectivity index (χ0v) is 8.93. The molecule has 0 unspecified atom stereocenters. The van der Waals surface area contributed by atoms with E-state index in [0.717, 1.165) is 0 Å². The zero-order chi connectivity index (χ0) is 8.78. The normalized spacial score (nSPS) is 9.30. The van der Waals surface area contributed by atoms with Gasteiger partial charge in [-0.1, -0.05) is 22.6 Å². The molecule has 0 saturated heterocycles. The minimum absolute atomic E-state index is 0.453. The van der Waals surface area contributed by atoms with Gasteiger partial charge in [-0.2, -0.15) is 0 Å². The molecule has 10 heavy (non-hydrogen) atoms. The maximum absolute atomic E-state index is 10.0. The highest BCUT2D eigenvalue weighted by atomic mass is 127. The van der Waals surface area contributed by atoms with Crippen LogP contribution in [0.15, 0.2) is 0 Å². The highest BCUT2D eigenvalue weighted by Crippen LogP contribution is 2.04. The van der Waals surface area contributed by atoms with Crippen molar-refractivity contribution >= 4 is 28.7 Å². The van der Waals surface area contributed by atoms with Crippen LogP contribution in [0.3, 0.4) is 0 Å². The van der Waals surface area contributed by atoms with Gasteiger partial charge < -0.3 is 10.5 Å². The van der Waals surface area contributed by atoms with E-state index in [1.807, 2.05) is 4.93 Å². The number of rotatable bonds is 0. The fraction of sp³-hybridized carbons (Fsp3) is 0.833. The molecule has 0 spiro atoms. The van der Waals surface area contributed by atoms with Gasteiger partial charge in [-0.15, -0.1) is 0 Å². The first-order chi connectivity index (χ1) is 4.42. The lowest BCUT2D eigenvalue weighted by molar-refractivity contribution is 0.0600. The van der Waals surface area contributed by atoms with Crippen molar-refractivity contribution in [3.8, 4) is 0 Å². The molecule has 62 valence electrons. The highest BCUT2D eigenvalue weighted by Gasteiger charge is 2.12. The van der Waals surface area contributed by atoms with Gasteiger partial charge in [0.15, 0.2) is 0 Å². The first-order valence-electron chi connectivity index (χ1n) is 2.78. The second-order valence-corrected chi connectivity index (χ2v) is 2.53. The average Bonchev–Trinajstić information content (AvgIpc) is 1.64. The summed E-state index contributed by atoms with van der Waals surface area (Å²) in [4.78, 5) is 12.0. The molecule has 1 amide bonds. The van der Waals surface area contributed by atoms with Gasteiger partial charge in [-0.25, -0.2) is 4.79 Å². The Hall–Kier alpha value is 0. The quantitative estimate of drug-likeness (QED) is 0.533. The van der Waals surface area contributed by atoms with Crippen molar-refractivity contribution in [2.45, 2.75) is 26.4 Å². The Bertz CT molecular complexity index is 98.4. The number of carbonyl (C=O) groups excluding carboxylic acids is 1. The van der Waals surface area contributed by atoms with E-state index < -0.39 is 11.7 Å². The third-order valence-corrected chi connectivity index (χ3v) is 0.407. The molecule has 0 aliphatic carbocycles. The van der Waals surface area contributed by atoms with Crippen LogP contribution in [0.2, 0.25) is 0 Å². The van der Waals surface area contributed by atoms with Gasteiger partial charge in [0.25, 0.3) is 0 Å². The molecule has 0 bridgehead atoms.